The molecule has 0 aromatic carbocycles. The number of pyridine rings is 1. The van der Waals surface area contributed by atoms with Gasteiger partial charge in [0, 0.05) is 13.2 Å². The maximum absolute atomic E-state index is 5.85. The van der Waals surface area contributed by atoms with Gasteiger partial charge in [-0.1, -0.05) is 6.07 Å². The predicted molar refractivity (Wildman–Crippen MR) is 78.6 cm³/mol. The number of ether oxygens (including phenoxy) is 1. The highest BCUT2D eigenvalue weighted by atomic mass is 16.5. The van der Waals surface area contributed by atoms with Crippen LogP contribution in [0, 0.1) is 6.92 Å². The summed E-state index contributed by atoms with van der Waals surface area (Å²) < 4.78 is 5.85. The fraction of sp³-hybridized carbons (Fsp3) is 0.600. The Morgan fingerprint density at radius 2 is 2.40 bits per heavy atom. The number of rotatable bonds is 3. The van der Waals surface area contributed by atoms with Crippen molar-refractivity contribution < 1.29 is 4.74 Å². The number of aliphatic imine (C=N–C) groups is 1. The minimum atomic E-state index is 0.357. The van der Waals surface area contributed by atoms with E-state index in [-0.39, 0.29) is 0 Å². The molecule has 2 aliphatic heterocycles. The van der Waals surface area contributed by atoms with E-state index in [0.29, 0.717) is 24.8 Å². The molecule has 2 aliphatic rings. The minimum absolute atomic E-state index is 0.357. The van der Waals surface area contributed by atoms with E-state index in [1.165, 1.54) is 18.4 Å². The lowest BCUT2D eigenvalue weighted by Gasteiger charge is -2.22. The Labute approximate surface area is 119 Å². The lowest BCUT2D eigenvalue weighted by atomic mass is 9.96. The molecule has 0 amide bonds. The summed E-state index contributed by atoms with van der Waals surface area (Å²) in [5, 5.41) is 6.81. The Kier molecular flexibility index (Phi) is 3.87. The molecule has 3 heterocycles. The second-order valence-electron chi connectivity index (χ2n) is 5.55. The Hall–Kier alpha value is -1.62. The third kappa shape index (κ3) is 2.77. The summed E-state index contributed by atoms with van der Waals surface area (Å²) in [4.78, 5) is 8.68. The van der Waals surface area contributed by atoms with Gasteiger partial charge in [0.1, 0.15) is 0 Å². The number of fused-ring (bicyclic) bond motifs is 2. The standard InChI is InChI=1S/C15H22N4O/c1-10-4-3-7-17-13(10)9-18-15(16-2)19-12-8-11-5-6-14(12)20-11/h3-4,7,11-12,14H,5-6,8-9H2,1-2H3,(H2,16,18,19). The van der Waals surface area contributed by atoms with Crippen molar-refractivity contribution in [3.63, 3.8) is 0 Å². The van der Waals surface area contributed by atoms with Gasteiger partial charge in [-0.3, -0.25) is 9.98 Å². The lowest BCUT2D eigenvalue weighted by Crippen LogP contribution is -2.47. The zero-order valence-electron chi connectivity index (χ0n) is 12.1. The molecule has 20 heavy (non-hydrogen) atoms. The molecule has 108 valence electrons. The van der Waals surface area contributed by atoms with Crippen LogP contribution in [-0.4, -0.2) is 36.2 Å². The van der Waals surface area contributed by atoms with Crippen molar-refractivity contribution in [3.8, 4) is 0 Å². The molecule has 0 saturated carbocycles. The molecule has 5 heteroatoms. The number of guanidine groups is 1. The van der Waals surface area contributed by atoms with Gasteiger partial charge in [0.2, 0.25) is 0 Å². The van der Waals surface area contributed by atoms with E-state index in [2.05, 4.69) is 33.6 Å². The zero-order chi connectivity index (χ0) is 13.9. The number of aryl methyl sites for hydroxylation is 1. The molecule has 0 radical (unpaired) electrons. The molecular weight excluding hydrogens is 252 g/mol. The third-order valence-corrected chi connectivity index (χ3v) is 4.19. The van der Waals surface area contributed by atoms with Crippen molar-refractivity contribution in [1.82, 2.24) is 15.6 Å². The third-order valence-electron chi connectivity index (χ3n) is 4.19. The maximum Gasteiger partial charge on any atom is 0.191 e. The van der Waals surface area contributed by atoms with Crippen molar-refractivity contribution in [2.45, 2.75) is 51.0 Å². The van der Waals surface area contributed by atoms with Crippen LogP contribution in [-0.2, 0) is 11.3 Å². The molecule has 2 saturated heterocycles. The molecule has 3 atom stereocenters. The highest BCUT2D eigenvalue weighted by Gasteiger charge is 2.41. The van der Waals surface area contributed by atoms with Crippen LogP contribution in [0.3, 0.4) is 0 Å². The van der Waals surface area contributed by atoms with Gasteiger partial charge < -0.3 is 15.4 Å². The van der Waals surface area contributed by atoms with E-state index in [9.17, 15) is 0 Å². The fourth-order valence-corrected chi connectivity index (χ4v) is 3.03. The number of nitrogens with one attached hydrogen (secondary N) is 2. The summed E-state index contributed by atoms with van der Waals surface area (Å²) in [6.45, 7) is 2.76. The van der Waals surface area contributed by atoms with Crippen molar-refractivity contribution in [1.29, 1.82) is 0 Å². The number of aromatic nitrogens is 1. The maximum atomic E-state index is 5.85. The lowest BCUT2D eigenvalue weighted by molar-refractivity contribution is 0.0992. The van der Waals surface area contributed by atoms with Crippen LogP contribution in [0.5, 0.6) is 0 Å². The SMILES string of the molecule is CN=C(NCc1ncccc1C)NC1CC2CCC1O2. The first-order valence-corrected chi connectivity index (χ1v) is 7.29. The molecule has 2 fully saturated rings. The first-order chi connectivity index (χ1) is 9.76. The average molecular weight is 274 g/mol. The molecule has 0 aliphatic carbocycles. The van der Waals surface area contributed by atoms with Crippen LogP contribution in [0.15, 0.2) is 23.3 Å². The summed E-state index contributed by atoms with van der Waals surface area (Å²) in [5.74, 6) is 0.830. The van der Waals surface area contributed by atoms with Gasteiger partial charge in [0.15, 0.2) is 5.96 Å². The van der Waals surface area contributed by atoms with Gasteiger partial charge in [0.05, 0.1) is 30.5 Å². The van der Waals surface area contributed by atoms with E-state index in [0.717, 1.165) is 18.1 Å². The van der Waals surface area contributed by atoms with Crippen molar-refractivity contribution in [3.05, 3.63) is 29.6 Å². The predicted octanol–water partition coefficient (Wildman–Crippen LogP) is 1.37. The van der Waals surface area contributed by atoms with E-state index < -0.39 is 0 Å². The average Bonchev–Trinajstić information content (AvgIpc) is 3.07. The van der Waals surface area contributed by atoms with Crippen LogP contribution in [0.25, 0.3) is 0 Å². The quantitative estimate of drug-likeness (QED) is 0.646. The zero-order valence-corrected chi connectivity index (χ0v) is 12.1. The van der Waals surface area contributed by atoms with Crippen molar-refractivity contribution in [2.75, 3.05) is 7.05 Å². The molecule has 2 bridgehead atoms. The van der Waals surface area contributed by atoms with Crippen molar-refractivity contribution in [2.24, 2.45) is 4.99 Å². The monoisotopic (exact) mass is 274 g/mol. The van der Waals surface area contributed by atoms with E-state index in [1.807, 2.05) is 12.3 Å². The molecule has 3 unspecified atom stereocenters. The minimum Gasteiger partial charge on any atom is -0.373 e. The molecule has 3 rings (SSSR count). The van der Waals surface area contributed by atoms with Gasteiger partial charge in [0.25, 0.3) is 0 Å². The van der Waals surface area contributed by atoms with Crippen LogP contribution in [0.1, 0.15) is 30.5 Å². The molecule has 1 aromatic heterocycles. The highest BCUT2D eigenvalue weighted by Crippen LogP contribution is 2.34. The van der Waals surface area contributed by atoms with Gasteiger partial charge in [-0.05, 0) is 37.8 Å². The molecule has 5 nitrogen and oxygen atoms in total. The largest absolute Gasteiger partial charge is 0.373 e. The van der Waals surface area contributed by atoms with E-state index in [1.54, 1.807) is 7.05 Å². The molecule has 1 aromatic rings. The Morgan fingerprint density at radius 1 is 1.50 bits per heavy atom. The van der Waals surface area contributed by atoms with Crippen LogP contribution >= 0.6 is 0 Å². The van der Waals surface area contributed by atoms with Crippen molar-refractivity contribution >= 4 is 5.96 Å². The van der Waals surface area contributed by atoms with Gasteiger partial charge in [-0.25, -0.2) is 0 Å². The smallest absolute Gasteiger partial charge is 0.191 e. The summed E-state index contributed by atoms with van der Waals surface area (Å²) in [6.07, 6.45) is 6.10. The summed E-state index contributed by atoms with van der Waals surface area (Å²) in [6, 6.07) is 4.42. The van der Waals surface area contributed by atoms with Gasteiger partial charge >= 0.3 is 0 Å². The summed E-state index contributed by atoms with van der Waals surface area (Å²) >= 11 is 0. The van der Waals surface area contributed by atoms with Gasteiger partial charge in [-0.15, -0.1) is 0 Å². The van der Waals surface area contributed by atoms with E-state index in [4.69, 9.17) is 4.74 Å². The summed E-state index contributed by atoms with van der Waals surface area (Å²) in [7, 11) is 1.80. The Bertz CT molecular complexity index is 502. The second kappa shape index (κ2) is 5.79. The Balaban J connectivity index is 1.54. The number of hydrogen-bond acceptors (Lipinski definition) is 3. The topological polar surface area (TPSA) is 58.5 Å². The van der Waals surface area contributed by atoms with E-state index >= 15 is 0 Å². The van der Waals surface area contributed by atoms with Crippen LogP contribution in [0.2, 0.25) is 0 Å². The van der Waals surface area contributed by atoms with Crippen LogP contribution in [0.4, 0.5) is 0 Å². The second-order valence-corrected chi connectivity index (χ2v) is 5.55. The first kappa shape index (κ1) is 13.4. The molecule has 0 spiro atoms. The first-order valence-electron chi connectivity index (χ1n) is 7.29. The number of nitrogens with zero attached hydrogens (tertiary/aromatic N) is 2. The fourth-order valence-electron chi connectivity index (χ4n) is 3.03. The molecule has 2 N–H and O–H groups in total. The molecular formula is C15H22N4O. The number of hydrogen-bond donors (Lipinski definition) is 2. The summed E-state index contributed by atoms with van der Waals surface area (Å²) in [5.41, 5.74) is 2.25. The highest BCUT2D eigenvalue weighted by molar-refractivity contribution is 5.80. The van der Waals surface area contributed by atoms with Gasteiger partial charge in [-0.2, -0.15) is 0 Å². The van der Waals surface area contributed by atoms with Crippen LogP contribution < -0.4 is 10.6 Å². The Morgan fingerprint density at radius 3 is 3.05 bits per heavy atom. The normalized spacial score (nSPS) is 28.7.